The van der Waals surface area contributed by atoms with E-state index in [9.17, 15) is 9.90 Å². The van der Waals surface area contributed by atoms with Crippen molar-refractivity contribution < 1.29 is 9.90 Å². The zero-order chi connectivity index (χ0) is 13.4. The number of carboxylic acids is 1. The Bertz CT molecular complexity index is 364. The Hall–Kier alpha value is -1.38. The molecule has 0 saturated heterocycles. The van der Waals surface area contributed by atoms with Crippen LogP contribution in [0.3, 0.4) is 0 Å². The van der Waals surface area contributed by atoms with Gasteiger partial charge in [-0.2, -0.15) is 0 Å². The Balaban J connectivity index is 2.69. The SMILES string of the molecule is CCCCC(CC)(CCc1cccnc1)C(=O)O. The van der Waals surface area contributed by atoms with E-state index in [-0.39, 0.29) is 0 Å². The van der Waals surface area contributed by atoms with Crippen LogP contribution in [0.15, 0.2) is 24.5 Å². The fraction of sp³-hybridized carbons (Fsp3) is 0.600. The number of aromatic nitrogens is 1. The average molecular weight is 249 g/mol. The highest BCUT2D eigenvalue weighted by molar-refractivity contribution is 5.74. The molecule has 0 aliphatic heterocycles. The number of carboxylic acid groups (broad SMARTS) is 1. The maximum absolute atomic E-state index is 11.6. The van der Waals surface area contributed by atoms with Gasteiger partial charge in [0.2, 0.25) is 0 Å². The molecule has 0 radical (unpaired) electrons. The van der Waals surface area contributed by atoms with Crippen molar-refractivity contribution in [1.29, 1.82) is 0 Å². The second-order valence-corrected chi connectivity index (χ2v) is 4.90. The molecular formula is C15H23NO2. The summed E-state index contributed by atoms with van der Waals surface area (Å²) in [6.07, 6.45) is 8.54. The molecule has 1 aromatic heterocycles. The van der Waals surface area contributed by atoms with E-state index < -0.39 is 11.4 Å². The maximum atomic E-state index is 11.6. The van der Waals surface area contributed by atoms with E-state index in [1.807, 2.05) is 25.3 Å². The lowest BCUT2D eigenvalue weighted by molar-refractivity contribution is -0.150. The van der Waals surface area contributed by atoms with E-state index in [0.29, 0.717) is 12.8 Å². The van der Waals surface area contributed by atoms with Crippen molar-refractivity contribution in [3.05, 3.63) is 30.1 Å². The van der Waals surface area contributed by atoms with Gasteiger partial charge in [0.05, 0.1) is 5.41 Å². The predicted molar refractivity (Wildman–Crippen MR) is 72.4 cm³/mol. The number of rotatable bonds is 8. The molecule has 1 N–H and O–H groups in total. The smallest absolute Gasteiger partial charge is 0.309 e. The van der Waals surface area contributed by atoms with Gasteiger partial charge in [0, 0.05) is 12.4 Å². The monoisotopic (exact) mass is 249 g/mol. The van der Waals surface area contributed by atoms with Crippen molar-refractivity contribution in [2.24, 2.45) is 5.41 Å². The van der Waals surface area contributed by atoms with E-state index in [2.05, 4.69) is 11.9 Å². The van der Waals surface area contributed by atoms with Gasteiger partial charge in [-0.15, -0.1) is 0 Å². The summed E-state index contributed by atoms with van der Waals surface area (Å²) in [5.74, 6) is -0.651. The van der Waals surface area contributed by atoms with Crippen LogP contribution in [0, 0.1) is 5.41 Å². The van der Waals surface area contributed by atoms with Crippen LogP contribution >= 0.6 is 0 Å². The van der Waals surface area contributed by atoms with Gasteiger partial charge in [-0.25, -0.2) is 0 Å². The molecule has 0 amide bonds. The van der Waals surface area contributed by atoms with Gasteiger partial charge in [0.15, 0.2) is 0 Å². The zero-order valence-electron chi connectivity index (χ0n) is 11.4. The minimum absolute atomic E-state index is 0.564. The van der Waals surface area contributed by atoms with Crippen molar-refractivity contribution in [3.63, 3.8) is 0 Å². The lowest BCUT2D eigenvalue weighted by atomic mass is 9.76. The second kappa shape index (κ2) is 7.14. The van der Waals surface area contributed by atoms with E-state index in [1.165, 1.54) is 0 Å². The Labute approximate surface area is 109 Å². The summed E-state index contributed by atoms with van der Waals surface area (Å²) in [7, 11) is 0. The first kappa shape index (κ1) is 14.7. The number of hydrogen-bond donors (Lipinski definition) is 1. The fourth-order valence-electron chi connectivity index (χ4n) is 2.29. The second-order valence-electron chi connectivity index (χ2n) is 4.90. The molecule has 1 aromatic rings. The van der Waals surface area contributed by atoms with Crippen LogP contribution in [-0.4, -0.2) is 16.1 Å². The van der Waals surface area contributed by atoms with Crippen molar-refractivity contribution in [2.75, 3.05) is 0 Å². The maximum Gasteiger partial charge on any atom is 0.309 e. The third kappa shape index (κ3) is 3.83. The topological polar surface area (TPSA) is 50.2 Å². The van der Waals surface area contributed by atoms with Gasteiger partial charge in [-0.05, 0) is 37.3 Å². The summed E-state index contributed by atoms with van der Waals surface area (Å²) in [4.78, 5) is 15.6. The fourth-order valence-corrected chi connectivity index (χ4v) is 2.29. The molecule has 3 heteroatoms. The normalized spacial score (nSPS) is 14.1. The highest BCUT2D eigenvalue weighted by atomic mass is 16.4. The molecule has 3 nitrogen and oxygen atoms in total. The van der Waals surface area contributed by atoms with Gasteiger partial charge in [0.1, 0.15) is 0 Å². The molecule has 0 spiro atoms. The van der Waals surface area contributed by atoms with E-state index >= 15 is 0 Å². The van der Waals surface area contributed by atoms with Crippen molar-refractivity contribution in [2.45, 2.75) is 52.4 Å². The number of hydrogen-bond acceptors (Lipinski definition) is 2. The van der Waals surface area contributed by atoms with Gasteiger partial charge < -0.3 is 5.11 Å². The Kier molecular flexibility index (Phi) is 5.83. The van der Waals surface area contributed by atoms with Crippen LogP contribution in [-0.2, 0) is 11.2 Å². The molecule has 1 atom stereocenters. The lowest BCUT2D eigenvalue weighted by Crippen LogP contribution is -2.31. The molecule has 1 unspecified atom stereocenters. The Morgan fingerprint density at radius 1 is 1.39 bits per heavy atom. The number of carbonyl (C=O) groups is 1. The summed E-state index contributed by atoms with van der Waals surface area (Å²) in [5, 5.41) is 9.51. The third-order valence-corrected chi connectivity index (χ3v) is 3.75. The van der Waals surface area contributed by atoms with Gasteiger partial charge >= 0.3 is 5.97 Å². The van der Waals surface area contributed by atoms with Crippen LogP contribution in [0.4, 0.5) is 0 Å². The quantitative estimate of drug-likeness (QED) is 0.764. The number of pyridine rings is 1. The number of aliphatic carboxylic acids is 1. The highest BCUT2D eigenvalue weighted by Gasteiger charge is 2.35. The minimum Gasteiger partial charge on any atom is -0.481 e. The number of aryl methyl sites for hydroxylation is 1. The van der Waals surface area contributed by atoms with E-state index in [0.717, 1.165) is 31.2 Å². The third-order valence-electron chi connectivity index (χ3n) is 3.75. The first-order valence-electron chi connectivity index (χ1n) is 6.77. The van der Waals surface area contributed by atoms with Crippen molar-refractivity contribution >= 4 is 5.97 Å². The summed E-state index contributed by atoms with van der Waals surface area (Å²) < 4.78 is 0. The zero-order valence-corrected chi connectivity index (χ0v) is 11.4. The van der Waals surface area contributed by atoms with Crippen LogP contribution in [0.25, 0.3) is 0 Å². The first-order chi connectivity index (χ1) is 8.64. The summed E-state index contributed by atoms with van der Waals surface area (Å²) in [5.41, 5.74) is 0.555. The number of unbranched alkanes of at least 4 members (excludes halogenated alkanes) is 1. The number of nitrogens with zero attached hydrogens (tertiary/aromatic N) is 1. The lowest BCUT2D eigenvalue weighted by Gasteiger charge is -2.28. The van der Waals surface area contributed by atoms with E-state index in [1.54, 1.807) is 6.20 Å². The molecule has 0 aliphatic rings. The highest BCUT2D eigenvalue weighted by Crippen LogP contribution is 2.34. The Morgan fingerprint density at radius 2 is 2.17 bits per heavy atom. The van der Waals surface area contributed by atoms with Crippen LogP contribution < -0.4 is 0 Å². The van der Waals surface area contributed by atoms with Crippen LogP contribution in [0.2, 0.25) is 0 Å². The first-order valence-corrected chi connectivity index (χ1v) is 6.77. The molecule has 0 aliphatic carbocycles. The Morgan fingerprint density at radius 3 is 2.67 bits per heavy atom. The van der Waals surface area contributed by atoms with Gasteiger partial charge in [-0.1, -0.05) is 32.8 Å². The standard InChI is InChI=1S/C15H23NO2/c1-3-5-9-15(4-2,14(17)18)10-8-13-7-6-11-16-12-13/h6-7,11-12H,3-5,8-10H2,1-2H3,(H,17,18). The van der Waals surface area contributed by atoms with E-state index in [4.69, 9.17) is 0 Å². The summed E-state index contributed by atoms with van der Waals surface area (Å²) in [6, 6.07) is 3.91. The molecule has 1 rings (SSSR count). The minimum atomic E-state index is -0.651. The van der Waals surface area contributed by atoms with Gasteiger partial charge in [-0.3, -0.25) is 9.78 Å². The van der Waals surface area contributed by atoms with Crippen LogP contribution in [0.1, 0.15) is 51.5 Å². The van der Waals surface area contributed by atoms with Crippen LogP contribution in [0.5, 0.6) is 0 Å². The molecule has 0 aromatic carbocycles. The van der Waals surface area contributed by atoms with Crippen molar-refractivity contribution in [1.82, 2.24) is 4.98 Å². The largest absolute Gasteiger partial charge is 0.481 e. The summed E-state index contributed by atoms with van der Waals surface area (Å²) >= 11 is 0. The molecule has 0 saturated carbocycles. The molecule has 18 heavy (non-hydrogen) atoms. The molecule has 0 fully saturated rings. The molecular weight excluding hydrogens is 226 g/mol. The van der Waals surface area contributed by atoms with Crippen molar-refractivity contribution in [3.8, 4) is 0 Å². The average Bonchev–Trinajstić information content (AvgIpc) is 2.40. The summed E-state index contributed by atoms with van der Waals surface area (Å²) in [6.45, 7) is 4.08. The molecule has 1 heterocycles. The predicted octanol–water partition coefficient (Wildman–Crippen LogP) is 3.69. The molecule has 100 valence electrons. The molecule has 0 bridgehead atoms. The van der Waals surface area contributed by atoms with Gasteiger partial charge in [0.25, 0.3) is 0 Å².